The summed E-state index contributed by atoms with van der Waals surface area (Å²) in [6.07, 6.45) is 1.52. The highest BCUT2D eigenvalue weighted by molar-refractivity contribution is 6.30. The largest absolute Gasteiger partial charge is 0.326 e. The normalized spacial score (nSPS) is 10.4. The standard InChI is InChI=1S/C21H18ClN3O3/c1-14(26)23-18-3-2-4-19(11-18)24-21(28)16-7-10-20(27)25(13-16)12-15-5-8-17(22)9-6-15/h2-11,13H,12H2,1H3,(H,23,26)(H,24,28). The Kier molecular flexibility index (Phi) is 5.91. The zero-order valence-electron chi connectivity index (χ0n) is 15.1. The minimum absolute atomic E-state index is 0.197. The van der Waals surface area contributed by atoms with E-state index in [1.807, 2.05) is 12.1 Å². The molecule has 7 heteroatoms. The molecule has 0 saturated heterocycles. The third kappa shape index (κ3) is 5.08. The molecule has 0 fully saturated rings. The zero-order valence-corrected chi connectivity index (χ0v) is 15.9. The molecule has 142 valence electrons. The molecule has 3 aromatic rings. The van der Waals surface area contributed by atoms with Gasteiger partial charge in [0.1, 0.15) is 0 Å². The quantitative estimate of drug-likeness (QED) is 0.690. The van der Waals surface area contributed by atoms with Crippen LogP contribution in [0.3, 0.4) is 0 Å². The minimum atomic E-state index is -0.357. The first-order valence-electron chi connectivity index (χ1n) is 8.55. The van der Waals surface area contributed by atoms with Crippen LogP contribution in [0.5, 0.6) is 0 Å². The fourth-order valence-electron chi connectivity index (χ4n) is 2.66. The van der Waals surface area contributed by atoms with Crippen LogP contribution in [-0.2, 0) is 11.3 Å². The van der Waals surface area contributed by atoms with Gasteiger partial charge in [0.05, 0.1) is 12.1 Å². The highest BCUT2D eigenvalue weighted by atomic mass is 35.5. The highest BCUT2D eigenvalue weighted by Crippen LogP contribution is 2.16. The van der Waals surface area contributed by atoms with E-state index >= 15 is 0 Å². The average Bonchev–Trinajstić information content (AvgIpc) is 2.65. The van der Waals surface area contributed by atoms with Gasteiger partial charge in [-0.2, -0.15) is 0 Å². The van der Waals surface area contributed by atoms with Crippen LogP contribution >= 0.6 is 11.6 Å². The first kappa shape index (κ1) is 19.4. The summed E-state index contributed by atoms with van der Waals surface area (Å²) in [5, 5.41) is 6.04. The van der Waals surface area contributed by atoms with E-state index in [1.54, 1.807) is 36.4 Å². The van der Waals surface area contributed by atoms with Gasteiger partial charge in [0.25, 0.3) is 11.5 Å². The zero-order chi connectivity index (χ0) is 20.1. The number of halogens is 1. The van der Waals surface area contributed by atoms with Crippen molar-refractivity contribution in [3.05, 3.63) is 93.4 Å². The summed E-state index contributed by atoms with van der Waals surface area (Å²) in [5.41, 5.74) is 2.15. The van der Waals surface area contributed by atoms with Gasteiger partial charge in [0.2, 0.25) is 5.91 Å². The number of aromatic nitrogens is 1. The first-order chi connectivity index (χ1) is 13.4. The summed E-state index contributed by atoms with van der Waals surface area (Å²) < 4.78 is 1.46. The number of carbonyl (C=O) groups excluding carboxylic acids is 2. The third-order valence-electron chi connectivity index (χ3n) is 3.95. The van der Waals surface area contributed by atoms with E-state index in [0.717, 1.165) is 5.56 Å². The van der Waals surface area contributed by atoms with Crippen LogP contribution in [0.1, 0.15) is 22.8 Å². The molecule has 0 aliphatic rings. The number of anilines is 2. The lowest BCUT2D eigenvalue weighted by Crippen LogP contribution is -2.22. The molecule has 0 saturated carbocycles. The fourth-order valence-corrected chi connectivity index (χ4v) is 2.78. The van der Waals surface area contributed by atoms with Gasteiger partial charge in [-0.15, -0.1) is 0 Å². The van der Waals surface area contributed by atoms with Gasteiger partial charge >= 0.3 is 0 Å². The monoisotopic (exact) mass is 395 g/mol. The lowest BCUT2D eigenvalue weighted by Gasteiger charge is -2.10. The van der Waals surface area contributed by atoms with E-state index in [1.165, 1.54) is 29.8 Å². The number of nitrogens with zero attached hydrogens (tertiary/aromatic N) is 1. The van der Waals surface area contributed by atoms with Crippen molar-refractivity contribution in [3.8, 4) is 0 Å². The predicted octanol–water partition coefficient (Wildman–Crippen LogP) is 3.76. The van der Waals surface area contributed by atoms with E-state index < -0.39 is 0 Å². The van der Waals surface area contributed by atoms with Crippen LogP contribution in [-0.4, -0.2) is 16.4 Å². The number of hydrogen-bond donors (Lipinski definition) is 2. The number of rotatable bonds is 5. The molecule has 28 heavy (non-hydrogen) atoms. The fraction of sp³-hybridized carbons (Fsp3) is 0.0952. The minimum Gasteiger partial charge on any atom is -0.326 e. The second-order valence-electron chi connectivity index (χ2n) is 6.23. The molecule has 0 unspecified atom stereocenters. The van der Waals surface area contributed by atoms with Crippen molar-refractivity contribution in [1.82, 2.24) is 4.57 Å². The molecule has 2 aromatic carbocycles. The highest BCUT2D eigenvalue weighted by Gasteiger charge is 2.09. The Hall–Kier alpha value is -3.38. The Bertz CT molecular complexity index is 1070. The van der Waals surface area contributed by atoms with Crippen LogP contribution in [0.4, 0.5) is 11.4 Å². The summed E-state index contributed by atoms with van der Waals surface area (Å²) in [7, 11) is 0. The van der Waals surface area contributed by atoms with Gasteiger partial charge in [-0.05, 0) is 42.0 Å². The summed E-state index contributed by atoms with van der Waals surface area (Å²) in [6.45, 7) is 1.74. The Balaban J connectivity index is 1.78. The molecule has 2 amide bonds. The van der Waals surface area contributed by atoms with Crippen molar-refractivity contribution in [2.75, 3.05) is 10.6 Å². The molecule has 0 aliphatic carbocycles. The number of pyridine rings is 1. The van der Waals surface area contributed by atoms with Crippen LogP contribution in [0.2, 0.25) is 5.02 Å². The van der Waals surface area contributed by atoms with Crippen molar-refractivity contribution in [1.29, 1.82) is 0 Å². The predicted molar refractivity (Wildman–Crippen MR) is 110 cm³/mol. The van der Waals surface area contributed by atoms with E-state index in [9.17, 15) is 14.4 Å². The molecular weight excluding hydrogens is 378 g/mol. The molecule has 6 nitrogen and oxygen atoms in total. The van der Waals surface area contributed by atoms with Gasteiger partial charge in [-0.3, -0.25) is 14.4 Å². The van der Waals surface area contributed by atoms with Crippen molar-refractivity contribution in [2.45, 2.75) is 13.5 Å². The van der Waals surface area contributed by atoms with Gasteiger partial charge in [0.15, 0.2) is 0 Å². The molecule has 0 aliphatic heterocycles. The summed E-state index contributed by atoms with van der Waals surface area (Å²) in [5.74, 6) is -0.553. The van der Waals surface area contributed by atoms with Crippen LogP contribution in [0.15, 0.2) is 71.7 Å². The Morgan fingerprint density at radius 1 is 0.964 bits per heavy atom. The average molecular weight is 396 g/mol. The maximum Gasteiger partial charge on any atom is 0.257 e. The van der Waals surface area contributed by atoms with Gasteiger partial charge < -0.3 is 15.2 Å². The van der Waals surface area contributed by atoms with Crippen molar-refractivity contribution >= 4 is 34.8 Å². The van der Waals surface area contributed by atoms with Crippen molar-refractivity contribution in [3.63, 3.8) is 0 Å². The van der Waals surface area contributed by atoms with E-state index in [-0.39, 0.29) is 17.4 Å². The Morgan fingerprint density at radius 3 is 2.32 bits per heavy atom. The number of amides is 2. The van der Waals surface area contributed by atoms with Crippen LogP contribution in [0.25, 0.3) is 0 Å². The Morgan fingerprint density at radius 2 is 1.64 bits per heavy atom. The maximum atomic E-state index is 12.6. The van der Waals surface area contributed by atoms with Gasteiger partial charge in [-0.1, -0.05) is 29.8 Å². The number of carbonyl (C=O) groups is 2. The lowest BCUT2D eigenvalue weighted by molar-refractivity contribution is -0.114. The van der Waals surface area contributed by atoms with E-state index in [4.69, 9.17) is 11.6 Å². The van der Waals surface area contributed by atoms with Gasteiger partial charge in [0, 0.05) is 35.6 Å². The number of nitrogens with one attached hydrogen (secondary N) is 2. The second-order valence-corrected chi connectivity index (χ2v) is 6.66. The van der Waals surface area contributed by atoms with E-state index in [0.29, 0.717) is 28.5 Å². The van der Waals surface area contributed by atoms with Gasteiger partial charge in [-0.25, -0.2) is 0 Å². The first-order valence-corrected chi connectivity index (χ1v) is 8.92. The summed E-state index contributed by atoms with van der Waals surface area (Å²) in [6, 6.07) is 16.8. The molecule has 1 aromatic heterocycles. The number of hydrogen-bond acceptors (Lipinski definition) is 3. The molecule has 0 atom stereocenters. The molecule has 3 rings (SSSR count). The SMILES string of the molecule is CC(=O)Nc1cccc(NC(=O)c2ccc(=O)n(Cc3ccc(Cl)cc3)c2)c1. The second kappa shape index (κ2) is 8.54. The summed E-state index contributed by atoms with van der Waals surface area (Å²) >= 11 is 5.88. The molecule has 0 spiro atoms. The molecule has 0 radical (unpaired) electrons. The molecule has 0 bridgehead atoms. The number of benzene rings is 2. The van der Waals surface area contributed by atoms with Crippen molar-refractivity contribution < 1.29 is 9.59 Å². The van der Waals surface area contributed by atoms with Crippen LogP contribution in [0, 0.1) is 0 Å². The lowest BCUT2D eigenvalue weighted by atomic mass is 10.2. The maximum absolute atomic E-state index is 12.6. The molecule has 1 heterocycles. The summed E-state index contributed by atoms with van der Waals surface area (Å²) in [4.78, 5) is 35.9. The molecule has 2 N–H and O–H groups in total. The topological polar surface area (TPSA) is 80.2 Å². The van der Waals surface area contributed by atoms with Crippen LogP contribution < -0.4 is 16.2 Å². The van der Waals surface area contributed by atoms with Crippen molar-refractivity contribution in [2.24, 2.45) is 0 Å². The third-order valence-corrected chi connectivity index (χ3v) is 4.20. The van der Waals surface area contributed by atoms with E-state index in [2.05, 4.69) is 10.6 Å². The molecular formula is C21H18ClN3O3. The smallest absolute Gasteiger partial charge is 0.257 e. The Labute approximate surface area is 166 Å².